The third-order valence-corrected chi connectivity index (χ3v) is 4.56. The van der Waals surface area contributed by atoms with Crippen LogP contribution in [-0.4, -0.2) is 40.1 Å². The molecule has 0 saturated carbocycles. The number of urea groups is 1. The summed E-state index contributed by atoms with van der Waals surface area (Å²) in [6, 6.07) is 14.3. The smallest absolute Gasteiger partial charge is 0.317 e. The molecule has 128 valence electrons. The second-order valence-electron chi connectivity index (χ2n) is 5.61. The van der Waals surface area contributed by atoms with E-state index in [0.717, 1.165) is 16.0 Å². The molecule has 1 atom stereocenters. The van der Waals surface area contributed by atoms with E-state index < -0.39 is 10.8 Å². The summed E-state index contributed by atoms with van der Waals surface area (Å²) >= 11 is 0. The number of carbonyl (C=O) groups excluding carboxylic acids is 1. The predicted octanol–water partition coefficient (Wildman–Crippen LogP) is 2.51. The Bertz CT molecular complexity index is 716. The molecule has 6 heteroatoms. The maximum atomic E-state index is 12.1. The van der Waals surface area contributed by atoms with Gasteiger partial charge in [0.2, 0.25) is 0 Å². The Morgan fingerprint density at radius 2 is 1.88 bits per heavy atom. The lowest BCUT2D eigenvalue weighted by atomic mass is 10.1. The van der Waals surface area contributed by atoms with E-state index in [4.69, 9.17) is 0 Å². The van der Waals surface area contributed by atoms with E-state index in [-0.39, 0.29) is 11.8 Å². The number of aromatic hydroxyl groups is 1. The van der Waals surface area contributed by atoms with Crippen LogP contribution < -0.4 is 5.32 Å². The fraction of sp³-hybridized carbons (Fsp3) is 0.278. The van der Waals surface area contributed by atoms with Gasteiger partial charge in [0.25, 0.3) is 0 Å². The second kappa shape index (κ2) is 8.49. The van der Waals surface area contributed by atoms with Crippen molar-refractivity contribution in [1.29, 1.82) is 0 Å². The highest BCUT2D eigenvalue weighted by molar-refractivity contribution is 7.84. The summed E-state index contributed by atoms with van der Waals surface area (Å²) < 4.78 is 11.4. The van der Waals surface area contributed by atoms with Crippen molar-refractivity contribution in [3.05, 3.63) is 59.7 Å². The Hall–Kier alpha value is -2.34. The van der Waals surface area contributed by atoms with Gasteiger partial charge in [-0.3, -0.25) is 4.21 Å². The van der Waals surface area contributed by atoms with Crippen LogP contribution in [0.2, 0.25) is 0 Å². The minimum absolute atomic E-state index is 0.154. The largest absolute Gasteiger partial charge is 0.508 e. The van der Waals surface area contributed by atoms with Gasteiger partial charge in [-0.1, -0.05) is 24.3 Å². The summed E-state index contributed by atoms with van der Waals surface area (Å²) in [7, 11) is 0.738. The number of nitrogens with one attached hydrogen (secondary N) is 1. The Labute approximate surface area is 144 Å². The molecule has 0 spiro atoms. The Kier molecular flexibility index (Phi) is 6.37. The summed E-state index contributed by atoms with van der Waals surface area (Å²) in [5.41, 5.74) is 1.95. The van der Waals surface area contributed by atoms with E-state index in [1.165, 1.54) is 0 Å². The van der Waals surface area contributed by atoms with E-state index in [1.807, 2.05) is 30.3 Å². The highest BCUT2D eigenvalue weighted by Crippen LogP contribution is 2.11. The monoisotopic (exact) mass is 346 g/mol. The molecule has 0 aliphatic carbocycles. The van der Waals surface area contributed by atoms with Crippen molar-refractivity contribution in [2.24, 2.45) is 0 Å². The zero-order valence-corrected chi connectivity index (χ0v) is 14.7. The van der Waals surface area contributed by atoms with Gasteiger partial charge in [-0.15, -0.1) is 0 Å². The summed E-state index contributed by atoms with van der Waals surface area (Å²) in [6.45, 7) is 0.981. The first-order chi connectivity index (χ1) is 11.5. The first kappa shape index (κ1) is 18.0. The van der Waals surface area contributed by atoms with Gasteiger partial charge in [0.05, 0.1) is 0 Å². The molecule has 2 aromatic rings. The highest BCUT2D eigenvalue weighted by atomic mass is 32.2. The zero-order chi connectivity index (χ0) is 17.5. The first-order valence-corrected chi connectivity index (χ1v) is 9.21. The zero-order valence-electron chi connectivity index (χ0n) is 13.9. The quantitative estimate of drug-likeness (QED) is 0.844. The lowest BCUT2D eigenvalue weighted by molar-refractivity contribution is 0.207. The molecule has 5 nitrogen and oxygen atoms in total. The molecule has 0 aromatic heterocycles. The van der Waals surface area contributed by atoms with Crippen molar-refractivity contribution in [2.75, 3.05) is 19.8 Å². The van der Waals surface area contributed by atoms with Crippen LogP contribution in [0.4, 0.5) is 4.79 Å². The summed E-state index contributed by atoms with van der Waals surface area (Å²) in [5, 5.41) is 12.3. The average molecular weight is 346 g/mol. The number of nitrogens with zero attached hydrogens (tertiary/aromatic N) is 1. The van der Waals surface area contributed by atoms with Gasteiger partial charge < -0.3 is 15.3 Å². The Morgan fingerprint density at radius 1 is 1.17 bits per heavy atom. The second-order valence-corrected chi connectivity index (χ2v) is 6.99. The molecule has 0 fully saturated rings. The lowest BCUT2D eigenvalue weighted by Crippen LogP contribution is -2.37. The van der Waals surface area contributed by atoms with Gasteiger partial charge in [0.1, 0.15) is 5.75 Å². The summed E-state index contributed by atoms with van der Waals surface area (Å²) in [4.78, 5) is 14.5. The number of amides is 2. The van der Waals surface area contributed by atoms with Gasteiger partial charge in [-0.05, 0) is 41.8 Å². The van der Waals surface area contributed by atoms with E-state index >= 15 is 0 Å². The number of phenols is 1. The molecule has 0 aliphatic rings. The topological polar surface area (TPSA) is 69.6 Å². The normalized spacial score (nSPS) is 11.8. The molecule has 0 bridgehead atoms. The Balaban J connectivity index is 1.80. The fourth-order valence-electron chi connectivity index (χ4n) is 2.29. The minimum atomic E-state index is -0.994. The molecule has 2 rings (SSSR count). The number of rotatable bonds is 6. The van der Waals surface area contributed by atoms with Crippen molar-refractivity contribution >= 4 is 16.8 Å². The summed E-state index contributed by atoms with van der Waals surface area (Å²) in [6.07, 6.45) is 2.30. The van der Waals surface area contributed by atoms with Crippen molar-refractivity contribution < 1.29 is 14.1 Å². The number of carbonyl (C=O) groups is 1. The van der Waals surface area contributed by atoms with Gasteiger partial charge >= 0.3 is 6.03 Å². The third-order valence-electron chi connectivity index (χ3n) is 3.62. The van der Waals surface area contributed by atoms with E-state index in [2.05, 4.69) is 5.32 Å². The average Bonchev–Trinajstić information content (AvgIpc) is 2.55. The maximum absolute atomic E-state index is 12.1. The molecular weight excluding hydrogens is 324 g/mol. The highest BCUT2D eigenvalue weighted by Gasteiger charge is 2.09. The Morgan fingerprint density at radius 3 is 2.50 bits per heavy atom. The fourth-order valence-corrected chi connectivity index (χ4v) is 2.81. The van der Waals surface area contributed by atoms with Crippen LogP contribution in [0.1, 0.15) is 11.1 Å². The molecule has 0 saturated heterocycles. The lowest BCUT2D eigenvalue weighted by Gasteiger charge is -2.18. The number of hydrogen-bond donors (Lipinski definition) is 2. The third kappa shape index (κ3) is 5.38. The van der Waals surface area contributed by atoms with Gasteiger partial charge in [0.15, 0.2) is 0 Å². The standard InChI is InChI=1S/C18H22N2O3S/c1-20(13-15-6-8-17(9-7-15)24(2)23)18(22)19-11-10-14-4-3-5-16(21)12-14/h3-9,12,21H,10-11,13H2,1-2H3,(H,19,22). The van der Waals surface area contributed by atoms with Crippen LogP contribution in [0.3, 0.4) is 0 Å². The molecule has 0 aliphatic heterocycles. The summed E-state index contributed by atoms with van der Waals surface area (Å²) in [5.74, 6) is 0.229. The molecule has 0 radical (unpaired) electrons. The van der Waals surface area contributed by atoms with E-state index in [0.29, 0.717) is 19.5 Å². The van der Waals surface area contributed by atoms with Crippen molar-refractivity contribution in [3.8, 4) is 5.75 Å². The molecule has 24 heavy (non-hydrogen) atoms. The minimum Gasteiger partial charge on any atom is -0.508 e. The van der Waals surface area contributed by atoms with Gasteiger partial charge in [-0.2, -0.15) is 0 Å². The molecular formula is C18H22N2O3S. The van der Waals surface area contributed by atoms with Crippen molar-refractivity contribution in [3.63, 3.8) is 0 Å². The predicted molar refractivity (Wildman–Crippen MR) is 95.5 cm³/mol. The van der Waals surface area contributed by atoms with Gasteiger partial charge in [-0.25, -0.2) is 4.79 Å². The van der Waals surface area contributed by atoms with Crippen LogP contribution in [-0.2, 0) is 23.8 Å². The van der Waals surface area contributed by atoms with Crippen LogP contribution in [0.15, 0.2) is 53.4 Å². The van der Waals surface area contributed by atoms with Crippen molar-refractivity contribution in [2.45, 2.75) is 17.9 Å². The molecule has 0 heterocycles. The number of hydrogen-bond acceptors (Lipinski definition) is 3. The van der Waals surface area contributed by atoms with Gasteiger partial charge in [0, 0.05) is 42.1 Å². The molecule has 2 N–H and O–H groups in total. The number of benzene rings is 2. The molecule has 2 aromatic carbocycles. The van der Waals surface area contributed by atoms with Crippen LogP contribution in [0, 0.1) is 0 Å². The molecule has 2 amide bonds. The molecule has 1 unspecified atom stereocenters. The van der Waals surface area contributed by atoms with E-state index in [1.54, 1.807) is 36.4 Å². The number of phenolic OH excluding ortho intramolecular Hbond substituents is 1. The van der Waals surface area contributed by atoms with Crippen LogP contribution in [0.25, 0.3) is 0 Å². The van der Waals surface area contributed by atoms with Crippen LogP contribution in [0.5, 0.6) is 5.75 Å². The SMILES string of the molecule is CN(Cc1ccc(S(C)=O)cc1)C(=O)NCCc1cccc(O)c1. The first-order valence-electron chi connectivity index (χ1n) is 7.65. The van der Waals surface area contributed by atoms with Crippen molar-refractivity contribution in [1.82, 2.24) is 10.2 Å². The maximum Gasteiger partial charge on any atom is 0.317 e. The van der Waals surface area contributed by atoms with Crippen LogP contribution >= 0.6 is 0 Å². The van der Waals surface area contributed by atoms with E-state index in [9.17, 15) is 14.1 Å².